The van der Waals surface area contributed by atoms with Crippen LogP contribution >= 0.6 is 11.8 Å². The van der Waals surface area contributed by atoms with Gasteiger partial charge >= 0.3 is 0 Å². The number of nitrogens with one attached hydrogen (secondary N) is 1. The van der Waals surface area contributed by atoms with E-state index in [4.69, 9.17) is 9.72 Å². The molecule has 4 rings (SSSR count). The van der Waals surface area contributed by atoms with Gasteiger partial charge in [-0.3, -0.25) is 19.1 Å². The Balaban J connectivity index is 1.50. The maximum atomic E-state index is 13.2. The van der Waals surface area contributed by atoms with Gasteiger partial charge in [-0.05, 0) is 38.3 Å². The van der Waals surface area contributed by atoms with E-state index in [1.54, 1.807) is 4.57 Å². The number of hydrogen-bond acceptors (Lipinski definition) is 6. The van der Waals surface area contributed by atoms with Crippen molar-refractivity contribution in [1.82, 2.24) is 19.8 Å². The number of morpholine rings is 1. The van der Waals surface area contributed by atoms with Crippen molar-refractivity contribution in [1.29, 1.82) is 0 Å². The predicted octanol–water partition coefficient (Wildman–Crippen LogP) is 2.66. The van der Waals surface area contributed by atoms with E-state index in [1.807, 2.05) is 31.2 Å². The molecule has 2 aliphatic rings. The molecule has 1 unspecified atom stereocenters. The summed E-state index contributed by atoms with van der Waals surface area (Å²) in [5.41, 5.74) is 0.654. The molecule has 1 saturated carbocycles. The maximum absolute atomic E-state index is 13.2. The number of nitrogens with zero attached hydrogens (tertiary/aromatic N) is 3. The number of hydrogen-bond donors (Lipinski definition) is 1. The third kappa shape index (κ3) is 5.67. The van der Waals surface area contributed by atoms with Crippen molar-refractivity contribution in [2.24, 2.45) is 0 Å². The summed E-state index contributed by atoms with van der Waals surface area (Å²) in [6.45, 7) is 6.82. The number of thioether (sulfide) groups is 1. The first kappa shape index (κ1) is 22.3. The van der Waals surface area contributed by atoms with Crippen LogP contribution in [0.2, 0.25) is 0 Å². The van der Waals surface area contributed by atoms with Crippen molar-refractivity contribution in [3.8, 4) is 0 Å². The fourth-order valence-corrected chi connectivity index (χ4v) is 5.26. The zero-order valence-corrected chi connectivity index (χ0v) is 19.0. The van der Waals surface area contributed by atoms with E-state index in [2.05, 4.69) is 10.2 Å². The molecule has 1 N–H and O–H groups in total. The molecule has 31 heavy (non-hydrogen) atoms. The highest BCUT2D eigenvalue weighted by molar-refractivity contribution is 8.00. The van der Waals surface area contributed by atoms with Crippen molar-refractivity contribution in [2.75, 3.05) is 32.8 Å². The Morgan fingerprint density at radius 2 is 1.97 bits per heavy atom. The summed E-state index contributed by atoms with van der Waals surface area (Å²) < 4.78 is 7.17. The first-order chi connectivity index (χ1) is 15.1. The highest BCUT2D eigenvalue weighted by Crippen LogP contribution is 2.24. The van der Waals surface area contributed by atoms with E-state index in [1.165, 1.54) is 24.6 Å². The first-order valence-corrected chi connectivity index (χ1v) is 12.3. The molecule has 8 heteroatoms. The largest absolute Gasteiger partial charge is 0.379 e. The number of rotatable bonds is 8. The zero-order chi connectivity index (χ0) is 21.6. The average Bonchev–Trinajstić information content (AvgIpc) is 3.29. The Labute approximate surface area is 187 Å². The van der Waals surface area contributed by atoms with E-state index in [9.17, 15) is 9.59 Å². The monoisotopic (exact) mass is 444 g/mol. The number of amides is 1. The van der Waals surface area contributed by atoms with E-state index in [0.717, 1.165) is 52.1 Å². The lowest BCUT2D eigenvalue weighted by atomic mass is 10.2. The van der Waals surface area contributed by atoms with Crippen LogP contribution in [0.3, 0.4) is 0 Å². The summed E-state index contributed by atoms with van der Waals surface area (Å²) in [5.74, 6) is 0.0270. The summed E-state index contributed by atoms with van der Waals surface area (Å²) >= 11 is 1.38. The lowest BCUT2D eigenvalue weighted by molar-refractivity contribution is -0.120. The zero-order valence-electron chi connectivity index (χ0n) is 18.2. The Bertz CT molecular complexity index is 951. The number of fused-ring (bicyclic) bond motifs is 1. The molecule has 1 saturated heterocycles. The van der Waals surface area contributed by atoms with Gasteiger partial charge < -0.3 is 10.1 Å². The number of carbonyl (C=O) groups excluding carboxylic acids is 1. The second-order valence-corrected chi connectivity index (χ2v) is 9.73. The van der Waals surface area contributed by atoms with E-state index >= 15 is 0 Å². The van der Waals surface area contributed by atoms with Gasteiger partial charge in [0.2, 0.25) is 5.91 Å². The molecule has 0 bridgehead atoms. The maximum Gasteiger partial charge on any atom is 0.262 e. The normalized spacial score (nSPS) is 19.0. The van der Waals surface area contributed by atoms with Crippen LogP contribution in [0, 0.1) is 0 Å². The van der Waals surface area contributed by atoms with Crippen LogP contribution in [-0.4, -0.2) is 64.5 Å². The molecule has 1 aromatic heterocycles. The third-order valence-electron chi connectivity index (χ3n) is 6.14. The molecule has 2 aromatic rings. The minimum Gasteiger partial charge on any atom is -0.379 e. The predicted molar refractivity (Wildman–Crippen MR) is 124 cm³/mol. The van der Waals surface area contributed by atoms with Crippen molar-refractivity contribution in [3.63, 3.8) is 0 Å². The van der Waals surface area contributed by atoms with Crippen LogP contribution in [0.5, 0.6) is 0 Å². The Kier molecular flexibility index (Phi) is 7.63. The van der Waals surface area contributed by atoms with Gasteiger partial charge in [0.15, 0.2) is 5.16 Å². The molecule has 7 nitrogen and oxygen atoms in total. The molecule has 0 radical (unpaired) electrons. The van der Waals surface area contributed by atoms with Crippen molar-refractivity contribution >= 4 is 28.6 Å². The quantitative estimate of drug-likeness (QED) is 0.498. The molecule has 1 amide bonds. The number of para-hydroxylation sites is 1. The fourth-order valence-electron chi connectivity index (χ4n) is 4.31. The van der Waals surface area contributed by atoms with Crippen LogP contribution < -0.4 is 10.9 Å². The van der Waals surface area contributed by atoms with Gasteiger partial charge in [0.25, 0.3) is 5.56 Å². The summed E-state index contributed by atoms with van der Waals surface area (Å²) in [6.07, 6.45) is 5.34. The first-order valence-electron chi connectivity index (χ1n) is 11.4. The van der Waals surface area contributed by atoms with Crippen LogP contribution in [0.15, 0.2) is 34.2 Å². The molecule has 168 valence electrons. The van der Waals surface area contributed by atoms with Gasteiger partial charge in [-0.2, -0.15) is 0 Å². The third-order valence-corrected chi connectivity index (χ3v) is 7.23. The van der Waals surface area contributed by atoms with Crippen molar-refractivity contribution in [3.05, 3.63) is 34.6 Å². The second kappa shape index (κ2) is 10.6. The van der Waals surface area contributed by atoms with Crippen LogP contribution in [-0.2, 0) is 16.1 Å². The molecular weight excluding hydrogens is 412 g/mol. The van der Waals surface area contributed by atoms with Gasteiger partial charge in [-0.1, -0.05) is 36.7 Å². The van der Waals surface area contributed by atoms with Crippen molar-refractivity contribution in [2.45, 2.75) is 62.0 Å². The van der Waals surface area contributed by atoms with Crippen LogP contribution in [0.25, 0.3) is 10.9 Å². The number of carbonyl (C=O) groups is 1. The van der Waals surface area contributed by atoms with Gasteiger partial charge in [0.1, 0.15) is 0 Å². The minimum absolute atomic E-state index is 0.0270. The molecule has 1 aliphatic carbocycles. The highest BCUT2D eigenvalue weighted by atomic mass is 32.2. The SMILES string of the molecule is CC(Sc1nc2ccccc2c(=O)n1CCCN1CCOCC1)C(=O)NC1CCCC1. The number of benzene rings is 1. The van der Waals surface area contributed by atoms with Gasteiger partial charge in [0.05, 0.1) is 29.4 Å². The molecule has 1 atom stereocenters. The summed E-state index contributed by atoms with van der Waals surface area (Å²) in [6, 6.07) is 7.74. The molecular formula is C23H32N4O3S. The lowest BCUT2D eigenvalue weighted by Crippen LogP contribution is -2.38. The van der Waals surface area contributed by atoms with Crippen molar-refractivity contribution < 1.29 is 9.53 Å². The van der Waals surface area contributed by atoms with Crippen LogP contribution in [0.1, 0.15) is 39.0 Å². The molecule has 0 spiro atoms. The fraction of sp³-hybridized carbons (Fsp3) is 0.609. The number of ether oxygens (including phenoxy) is 1. The average molecular weight is 445 g/mol. The Hall–Kier alpha value is -1.90. The number of aromatic nitrogens is 2. The smallest absolute Gasteiger partial charge is 0.262 e. The Morgan fingerprint density at radius 1 is 1.23 bits per heavy atom. The van der Waals surface area contributed by atoms with Gasteiger partial charge in [0, 0.05) is 32.2 Å². The summed E-state index contributed by atoms with van der Waals surface area (Å²) in [4.78, 5) is 33.1. The molecule has 2 heterocycles. The summed E-state index contributed by atoms with van der Waals surface area (Å²) in [7, 11) is 0. The Morgan fingerprint density at radius 3 is 2.74 bits per heavy atom. The van der Waals surface area contributed by atoms with Crippen LogP contribution in [0.4, 0.5) is 0 Å². The second-order valence-electron chi connectivity index (χ2n) is 8.43. The standard InChI is InChI=1S/C23H32N4O3S/c1-17(21(28)24-18-7-2-3-8-18)31-23-25-20-10-5-4-9-19(20)22(29)27(23)12-6-11-26-13-15-30-16-14-26/h4-5,9-10,17-18H,2-3,6-8,11-16H2,1H3,(H,24,28). The minimum atomic E-state index is -0.306. The van der Waals surface area contributed by atoms with Gasteiger partial charge in [-0.25, -0.2) is 4.98 Å². The molecule has 2 fully saturated rings. The summed E-state index contributed by atoms with van der Waals surface area (Å²) in [5, 5.41) is 4.11. The lowest BCUT2D eigenvalue weighted by Gasteiger charge is -2.26. The van der Waals surface area contributed by atoms with E-state index in [0.29, 0.717) is 22.6 Å². The van der Waals surface area contributed by atoms with E-state index < -0.39 is 0 Å². The van der Waals surface area contributed by atoms with E-state index in [-0.39, 0.29) is 22.8 Å². The van der Waals surface area contributed by atoms with Gasteiger partial charge in [-0.15, -0.1) is 0 Å². The highest BCUT2D eigenvalue weighted by Gasteiger charge is 2.23. The topological polar surface area (TPSA) is 76.5 Å². The molecule has 1 aromatic carbocycles. The molecule has 1 aliphatic heterocycles.